The number of amides is 1. The second kappa shape index (κ2) is 7.93. The van der Waals surface area contributed by atoms with E-state index < -0.39 is 4.92 Å². The number of nitrogens with zero attached hydrogens (tertiary/aromatic N) is 2. The molecule has 2 aromatic carbocycles. The molecule has 1 heterocycles. The van der Waals surface area contributed by atoms with Gasteiger partial charge in [-0.2, -0.15) is 0 Å². The van der Waals surface area contributed by atoms with Crippen molar-refractivity contribution >= 4 is 40.8 Å². The smallest absolute Gasteiger partial charge is 0.269 e. The summed E-state index contributed by atoms with van der Waals surface area (Å²) in [7, 11) is 0. The topological polar surface area (TPSA) is 63.5 Å². The lowest BCUT2D eigenvalue weighted by molar-refractivity contribution is -0.384. The molecule has 0 aromatic heterocycles. The van der Waals surface area contributed by atoms with Gasteiger partial charge in [-0.3, -0.25) is 14.9 Å². The van der Waals surface area contributed by atoms with Gasteiger partial charge in [-0.15, -0.1) is 23.5 Å². The summed E-state index contributed by atoms with van der Waals surface area (Å²) >= 11 is 3.21. The van der Waals surface area contributed by atoms with E-state index in [0.717, 1.165) is 21.9 Å². The molecule has 1 unspecified atom stereocenters. The van der Waals surface area contributed by atoms with E-state index in [9.17, 15) is 14.9 Å². The molecule has 0 saturated heterocycles. The van der Waals surface area contributed by atoms with E-state index in [-0.39, 0.29) is 11.6 Å². The van der Waals surface area contributed by atoms with E-state index in [2.05, 4.69) is 13.0 Å². The normalized spacial score (nSPS) is 16.8. The first-order valence-electron chi connectivity index (χ1n) is 7.98. The highest BCUT2D eigenvalue weighted by atomic mass is 32.2. The van der Waals surface area contributed by atoms with Crippen LogP contribution in [0.4, 0.5) is 11.4 Å². The fraction of sp³-hybridized carbons (Fsp3) is 0.278. The second-order valence-electron chi connectivity index (χ2n) is 5.77. The Morgan fingerprint density at radius 3 is 2.72 bits per heavy atom. The van der Waals surface area contributed by atoms with Gasteiger partial charge in [-0.05, 0) is 30.7 Å². The number of hydrogen-bond donors (Lipinski definition) is 0. The zero-order valence-electron chi connectivity index (χ0n) is 13.8. The van der Waals surface area contributed by atoms with Gasteiger partial charge in [-0.25, -0.2) is 0 Å². The van der Waals surface area contributed by atoms with E-state index in [0.29, 0.717) is 17.5 Å². The third kappa shape index (κ3) is 4.35. The maximum atomic E-state index is 12.8. The van der Waals surface area contributed by atoms with Crippen LogP contribution in [-0.2, 0) is 4.79 Å². The lowest BCUT2D eigenvalue weighted by Crippen LogP contribution is -2.33. The highest BCUT2D eigenvalue weighted by molar-refractivity contribution is 8.00. The fourth-order valence-electron chi connectivity index (χ4n) is 2.63. The maximum Gasteiger partial charge on any atom is 0.269 e. The predicted octanol–water partition coefficient (Wildman–Crippen LogP) is 4.60. The lowest BCUT2D eigenvalue weighted by atomic mass is 10.2. The Labute approximate surface area is 154 Å². The van der Waals surface area contributed by atoms with Crippen LogP contribution < -0.4 is 4.90 Å². The minimum absolute atomic E-state index is 0.0585. The van der Waals surface area contributed by atoms with Crippen molar-refractivity contribution in [3.63, 3.8) is 0 Å². The summed E-state index contributed by atoms with van der Waals surface area (Å²) < 4.78 is 0. The Morgan fingerprint density at radius 2 is 2.00 bits per heavy atom. The molecule has 5 nitrogen and oxygen atoms in total. The van der Waals surface area contributed by atoms with Crippen LogP contribution in [0.5, 0.6) is 0 Å². The molecule has 25 heavy (non-hydrogen) atoms. The number of hydrogen-bond acceptors (Lipinski definition) is 5. The molecule has 1 atom stereocenters. The Kier molecular flexibility index (Phi) is 5.65. The molecule has 0 spiro atoms. The van der Waals surface area contributed by atoms with Crippen LogP contribution in [0.25, 0.3) is 0 Å². The number of carbonyl (C=O) groups excluding carboxylic acids is 1. The first kappa shape index (κ1) is 17.8. The molecule has 1 amide bonds. The number of anilines is 1. The van der Waals surface area contributed by atoms with Crippen molar-refractivity contribution in [3.8, 4) is 0 Å². The van der Waals surface area contributed by atoms with Crippen molar-refractivity contribution in [2.45, 2.75) is 28.4 Å². The summed E-state index contributed by atoms with van der Waals surface area (Å²) in [4.78, 5) is 26.9. The van der Waals surface area contributed by atoms with Crippen molar-refractivity contribution < 1.29 is 9.72 Å². The SMILES string of the molecule is CC1CCN(C(=O)CSc2ccc([N+](=O)[O-])cc2)c2ccccc2S1. The third-order valence-corrected chi connectivity index (χ3v) is 6.19. The molecule has 3 rings (SSSR count). The average Bonchev–Trinajstić information content (AvgIpc) is 2.78. The van der Waals surface area contributed by atoms with Crippen molar-refractivity contribution in [3.05, 3.63) is 58.6 Å². The van der Waals surface area contributed by atoms with Gasteiger partial charge in [0.25, 0.3) is 5.69 Å². The molecule has 0 saturated carbocycles. The molecule has 0 N–H and O–H groups in total. The van der Waals surface area contributed by atoms with Gasteiger partial charge in [0, 0.05) is 33.7 Å². The molecule has 0 bridgehead atoms. The molecule has 1 aliphatic heterocycles. The van der Waals surface area contributed by atoms with Crippen LogP contribution in [0, 0.1) is 10.1 Å². The molecule has 0 radical (unpaired) electrons. The van der Waals surface area contributed by atoms with Gasteiger partial charge >= 0.3 is 0 Å². The van der Waals surface area contributed by atoms with E-state index >= 15 is 0 Å². The second-order valence-corrected chi connectivity index (χ2v) is 8.30. The molecule has 1 aliphatic rings. The van der Waals surface area contributed by atoms with Crippen molar-refractivity contribution in [2.24, 2.45) is 0 Å². The van der Waals surface area contributed by atoms with Gasteiger partial charge in [0.2, 0.25) is 5.91 Å². The first-order chi connectivity index (χ1) is 12.0. The minimum Gasteiger partial charge on any atom is -0.311 e. The zero-order valence-corrected chi connectivity index (χ0v) is 15.4. The average molecular weight is 374 g/mol. The van der Waals surface area contributed by atoms with Crippen LogP contribution in [-0.4, -0.2) is 28.4 Å². The molecule has 0 fully saturated rings. The summed E-state index contributed by atoms with van der Waals surface area (Å²) in [6, 6.07) is 14.3. The fourth-order valence-corrected chi connectivity index (χ4v) is 4.52. The van der Waals surface area contributed by atoms with Gasteiger partial charge in [0.15, 0.2) is 0 Å². The Morgan fingerprint density at radius 1 is 1.28 bits per heavy atom. The molecular formula is C18H18N2O3S2. The number of nitro groups is 1. The summed E-state index contributed by atoms with van der Waals surface area (Å²) in [5, 5.41) is 11.2. The summed E-state index contributed by atoms with van der Waals surface area (Å²) in [6.07, 6.45) is 0.952. The maximum absolute atomic E-state index is 12.8. The number of thioether (sulfide) groups is 2. The number of para-hydroxylation sites is 1. The molecule has 2 aromatic rings. The van der Waals surface area contributed by atoms with Gasteiger partial charge in [0.05, 0.1) is 16.4 Å². The predicted molar refractivity (Wildman–Crippen MR) is 103 cm³/mol. The van der Waals surface area contributed by atoms with Crippen molar-refractivity contribution in [1.29, 1.82) is 0 Å². The highest BCUT2D eigenvalue weighted by Gasteiger charge is 2.24. The van der Waals surface area contributed by atoms with Crippen molar-refractivity contribution in [2.75, 3.05) is 17.2 Å². The van der Waals surface area contributed by atoms with Crippen LogP contribution in [0.15, 0.2) is 58.3 Å². The van der Waals surface area contributed by atoms with Crippen molar-refractivity contribution in [1.82, 2.24) is 0 Å². The molecule has 130 valence electrons. The first-order valence-corrected chi connectivity index (χ1v) is 9.84. The number of fused-ring (bicyclic) bond motifs is 1. The van der Waals surface area contributed by atoms with Crippen LogP contribution >= 0.6 is 23.5 Å². The zero-order chi connectivity index (χ0) is 17.8. The van der Waals surface area contributed by atoms with Crippen LogP contribution in [0.1, 0.15) is 13.3 Å². The number of non-ortho nitro benzene ring substituents is 1. The Balaban J connectivity index is 1.69. The van der Waals surface area contributed by atoms with Gasteiger partial charge < -0.3 is 4.90 Å². The summed E-state index contributed by atoms with van der Waals surface area (Å²) in [5.74, 6) is 0.371. The largest absolute Gasteiger partial charge is 0.311 e. The van der Waals surface area contributed by atoms with Crippen LogP contribution in [0.2, 0.25) is 0 Å². The molecule has 7 heteroatoms. The van der Waals surface area contributed by atoms with Gasteiger partial charge in [0.1, 0.15) is 0 Å². The molecule has 0 aliphatic carbocycles. The summed E-state index contributed by atoms with van der Waals surface area (Å²) in [6.45, 7) is 2.89. The number of carbonyl (C=O) groups is 1. The van der Waals surface area contributed by atoms with E-state index in [1.807, 2.05) is 34.9 Å². The van der Waals surface area contributed by atoms with E-state index in [1.54, 1.807) is 12.1 Å². The van der Waals surface area contributed by atoms with E-state index in [1.165, 1.54) is 23.9 Å². The minimum atomic E-state index is -0.424. The monoisotopic (exact) mass is 374 g/mol. The highest BCUT2D eigenvalue weighted by Crippen LogP contribution is 2.37. The number of rotatable bonds is 4. The quantitative estimate of drug-likeness (QED) is 0.444. The Hall–Kier alpha value is -1.99. The summed E-state index contributed by atoms with van der Waals surface area (Å²) in [5.41, 5.74) is 1.04. The number of nitro benzene ring substituents is 1. The number of benzene rings is 2. The Bertz CT molecular complexity index is 780. The third-order valence-electron chi connectivity index (χ3n) is 3.95. The van der Waals surface area contributed by atoms with Gasteiger partial charge in [-0.1, -0.05) is 19.1 Å². The van der Waals surface area contributed by atoms with Crippen LogP contribution in [0.3, 0.4) is 0 Å². The standard InChI is InChI=1S/C18H18N2O3S2/c1-13-10-11-19(16-4-2-3-5-17(16)25-13)18(21)12-24-15-8-6-14(7-9-15)20(22)23/h2-9,13H,10-12H2,1H3. The molecular weight excluding hydrogens is 356 g/mol. The lowest BCUT2D eigenvalue weighted by Gasteiger charge is -2.22. The van der Waals surface area contributed by atoms with E-state index in [4.69, 9.17) is 0 Å².